The van der Waals surface area contributed by atoms with E-state index in [0.29, 0.717) is 26.2 Å². The maximum Gasteiger partial charge on any atom is 0.318 e. The second kappa shape index (κ2) is 12.8. The molecule has 192 valence electrons. The molecule has 1 aliphatic rings. The van der Waals surface area contributed by atoms with E-state index < -0.39 is 24.1 Å². The van der Waals surface area contributed by atoms with Gasteiger partial charge in [-0.1, -0.05) is 11.8 Å². The predicted molar refractivity (Wildman–Crippen MR) is 140 cm³/mol. The highest BCUT2D eigenvalue weighted by atomic mass is 16.5. The molecule has 1 saturated heterocycles. The molecular weight excluding hydrogens is 458 g/mol. The van der Waals surface area contributed by atoms with Crippen LogP contribution in [-0.4, -0.2) is 78.6 Å². The van der Waals surface area contributed by atoms with Crippen molar-refractivity contribution in [3.8, 4) is 11.8 Å². The molecule has 9 nitrogen and oxygen atoms in total. The van der Waals surface area contributed by atoms with Gasteiger partial charge in [0.25, 0.3) is 5.91 Å². The number of aliphatic hydroxyl groups is 1. The lowest BCUT2D eigenvalue weighted by molar-refractivity contribution is -0.133. The van der Waals surface area contributed by atoms with Crippen LogP contribution in [0.4, 0.5) is 16.2 Å². The van der Waals surface area contributed by atoms with Crippen molar-refractivity contribution in [2.45, 2.75) is 32.9 Å². The summed E-state index contributed by atoms with van der Waals surface area (Å²) in [5, 5.41) is 21.0. The third-order valence-electron chi connectivity index (χ3n) is 6.30. The number of carbonyl (C=O) groups is 2. The van der Waals surface area contributed by atoms with Crippen LogP contribution in [0.3, 0.4) is 0 Å². The van der Waals surface area contributed by atoms with Gasteiger partial charge >= 0.3 is 6.03 Å². The largest absolute Gasteiger partial charge is 0.391 e. The molecule has 4 N–H and O–H groups in total. The molecule has 0 unspecified atom stereocenters. The molecule has 36 heavy (non-hydrogen) atoms. The van der Waals surface area contributed by atoms with Crippen LogP contribution in [0.25, 0.3) is 0 Å². The summed E-state index contributed by atoms with van der Waals surface area (Å²) in [5.41, 5.74) is 5.61. The third-order valence-corrected chi connectivity index (χ3v) is 6.30. The molecule has 3 amide bonds. The van der Waals surface area contributed by atoms with E-state index in [1.54, 1.807) is 4.90 Å². The fraction of sp³-hybridized carbons (Fsp3) is 0.407. The Labute approximate surface area is 212 Å². The average molecular weight is 494 g/mol. The molecule has 0 saturated carbocycles. The maximum atomic E-state index is 12.5. The number of nitrogens with one attached hydrogen (secondary N) is 2. The summed E-state index contributed by atoms with van der Waals surface area (Å²) in [6, 6.07) is 14.6. The Morgan fingerprint density at radius 2 is 1.47 bits per heavy atom. The molecule has 1 heterocycles. The van der Waals surface area contributed by atoms with E-state index in [4.69, 9.17) is 5.21 Å². The number of hydroxylamine groups is 1. The van der Waals surface area contributed by atoms with Gasteiger partial charge in [0.2, 0.25) is 0 Å². The first-order valence-electron chi connectivity index (χ1n) is 12.3. The Bertz CT molecular complexity index is 1060. The molecule has 0 spiro atoms. The topological polar surface area (TPSA) is 108 Å². The number of piperazine rings is 1. The fourth-order valence-corrected chi connectivity index (χ4v) is 4.11. The van der Waals surface area contributed by atoms with Crippen LogP contribution in [0.1, 0.15) is 31.9 Å². The van der Waals surface area contributed by atoms with Crippen molar-refractivity contribution in [1.82, 2.24) is 15.7 Å². The molecular formula is C27H35N5O4. The molecule has 0 radical (unpaired) electrons. The minimum absolute atomic E-state index is 0.458. The highest BCUT2D eigenvalue weighted by molar-refractivity contribution is 5.87. The minimum Gasteiger partial charge on any atom is -0.391 e. The van der Waals surface area contributed by atoms with Crippen LogP contribution < -0.4 is 20.6 Å². The van der Waals surface area contributed by atoms with Crippen LogP contribution in [0.2, 0.25) is 0 Å². The number of carbonyl (C=O) groups excluding carboxylic acids is 2. The first-order valence-corrected chi connectivity index (χ1v) is 12.3. The zero-order valence-electron chi connectivity index (χ0n) is 21.1. The van der Waals surface area contributed by atoms with Crippen molar-refractivity contribution < 1.29 is 19.9 Å². The monoisotopic (exact) mass is 493 g/mol. The average Bonchev–Trinajstić information content (AvgIpc) is 2.91. The lowest BCUT2D eigenvalue weighted by atomic mass is 10.1. The highest BCUT2D eigenvalue weighted by Gasteiger charge is 2.29. The van der Waals surface area contributed by atoms with Crippen molar-refractivity contribution in [2.24, 2.45) is 0 Å². The second-order valence-electron chi connectivity index (χ2n) is 8.63. The predicted octanol–water partition coefficient (Wildman–Crippen LogP) is 2.02. The molecule has 0 bridgehead atoms. The standard InChI is InChI=1S/C27H35N5O4/c1-4-30(5-2)23-12-8-21(9-13-23)6-7-22-10-14-24(15-11-22)31-16-18-32(19-17-31)27(35)28-25(20(3)33)26(34)29-36/h8-15,20,25,33,36H,4-5,16-19H2,1-3H3,(H,28,35)(H,29,34)/t20-,25+/m0/s1. The smallest absolute Gasteiger partial charge is 0.318 e. The molecule has 3 rings (SSSR count). The van der Waals surface area contributed by atoms with E-state index in [9.17, 15) is 14.7 Å². The Morgan fingerprint density at radius 3 is 1.94 bits per heavy atom. The zero-order chi connectivity index (χ0) is 26.1. The van der Waals surface area contributed by atoms with Gasteiger partial charge in [-0.15, -0.1) is 0 Å². The lowest BCUT2D eigenvalue weighted by Crippen LogP contribution is -2.58. The summed E-state index contributed by atoms with van der Waals surface area (Å²) < 4.78 is 0. The summed E-state index contributed by atoms with van der Waals surface area (Å²) in [5.74, 6) is 5.57. The molecule has 2 atom stereocenters. The van der Waals surface area contributed by atoms with Crippen LogP contribution >= 0.6 is 0 Å². The first kappa shape index (κ1) is 26.9. The summed E-state index contributed by atoms with van der Waals surface area (Å²) in [4.78, 5) is 30.2. The van der Waals surface area contributed by atoms with Gasteiger partial charge in [0, 0.05) is 61.8 Å². The van der Waals surface area contributed by atoms with Gasteiger partial charge in [0.05, 0.1) is 6.10 Å². The Hall–Kier alpha value is -3.74. The van der Waals surface area contributed by atoms with Gasteiger partial charge in [-0.25, -0.2) is 10.3 Å². The van der Waals surface area contributed by atoms with Crippen molar-refractivity contribution >= 4 is 23.3 Å². The number of anilines is 2. The lowest BCUT2D eigenvalue weighted by Gasteiger charge is -2.36. The Kier molecular flexibility index (Phi) is 9.56. The van der Waals surface area contributed by atoms with E-state index >= 15 is 0 Å². The van der Waals surface area contributed by atoms with Crippen molar-refractivity contribution in [1.29, 1.82) is 0 Å². The summed E-state index contributed by atoms with van der Waals surface area (Å²) in [7, 11) is 0. The summed E-state index contributed by atoms with van der Waals surface area (Å²) in [6.07, 6.45) is -1.14. The molecule has 9 heteroatoms. The number of nitrogens with zero attached hydrogens (tertiary/aromatic N) is 3. The zero-order valence-corrected chi connectivity index (χ0v) is 21.1. The number of aliphatic hydroxyl groups excluding tert-OH is 1. The highest BCUT2D eigenvalue weighted by Crippen LogP contribution is 2.18. The second-order valence-corrected chi connectivity index (χ2v) is 8.63. The number of hydrogen-bond acceptors (Lipinski definition) is 6. The number of hydrogen-bond donors (Lipinski definition) is 4. The number of amides is 3. The molecule has 2 aromatic carbocycles. The SMILES string of the molecule is CCN(CC)c1ccc(C#Cc2ccc(N3CCN(C(=O)N[C@@H](C(=O)NO)[C@H](C)O)CC3)cc2)cc1. The molecule has 0 aromatic heterocycles. The van der Waals surface area contributed by atoms with Gasteiger partial charge in [0.15, 0.2) is 0 Å². The maximum absolute atomic E-state index is 12.5. The van der Waals surface area contributed by atoms with Crippen molar-refractivity contribution in [2.75, 3.05) is 49.1 Å². The molecule has 1 aliphatic heterocycles. The molecule has 1 fully saturated rings. The van der Waals surface area contributed by atoms with Gasteiger partial charge in [-0.2, -0.15) is 0 Å². The summed E-state index contributed by atoms with van der Waals surface area (Å²) in [6.45, 7) is 9.79. The van der Waals surface area contributed by atoms with Crippen molar-refractivity contribution in [3.05, 3.63) is 59.7 Å². The Morgan fingerprint density at radius 1 is 0.944 bits per heavy atom. The van der Waals surface area contributed by atoms with Crippen LogP contribution in [-0.2, 0) is 4.79 Å². The van der Waals surface area contributed by atoms with E-state index in [2.05, 4.69) is 52.9 Å². The molecule has 0 aliphatic carbocycles. The van der Waals surface area contributed by atoms with E-state index in [1.165, 1.54) is 18.1 Å². The number of rotatable bonds is 7. The molecule has 2 aromatic rings. The van der Waals surface area contributed by atoms with Gasteiger partial charge in [-0.3, -0.25) is 10.0 Å². The number of benzene rings is 2. The normalized spacial score (nSPS) is 14.8. The van der Waals surface area contributed by atoms with E-state index in [1.807, 2.05) is 36.4 Å². The number of urea groups is 1. The quantitative estimate of drug-likeness (QED) is 0.267. The van der Waals surface area contributed by atoms with E-state index in [0.717, 1.165) is 29.9 Å². The summed E-state index contributed by atoms with van der Waals surface area (Å²) >= 11 is 0. The Balaban J connectivity index is 1.54. The fourth-order valence-electron chi connectivity index (χ4n) is 4.11. The van der Waals surface area contributed by atoms with Crippen LogP contribution in [0.15, 0.2) is 48.5 Å². The van der Waals surface area contributed by atoms with E-state index in [-0.39, 0.29) is 0 Å². The van der Waals surface area contributed by atoms with Crippen LogP contribution in [0.5, 0.6) is 0 Å². The van der Waals surface area contributed by atoms with Gasteiger partial charge in [0.1, 0.15) is 6.04 Å². The first-order chi connectivity index (χ1) is 17.4. The van der Waals surface area contributed by atoms with Crippen molar-refractivity contribution in [3.63, 3.8) is 0 Å². The minimum atomic E-state index is -1.23. The van der Waals surface area contributed by atoms with Gasteiger partial charge < -0.3 is 25.1 Å². The van der Waals surface area contributed by atoms with Crippen LogP contribution in [0, 0.1) is 11.8 Å². The van der Waals surface area contributed by atoms with Gasteiger partial charge in [-0.05, 0) is 69.3 Å². The third kappa shape index (κ3) is 6.90.